The lowest BCUT2D eigenvalue weighted by Gasteiger charge is -2.34. The van der Waals surface area contributed by atoms with Gasteiger partial charge in [0.15, 0.2) is 0 Å². The highest BCUT2D eigenvalue weighted by atomic mass is 16.5. The van der Waals surface area contributed by atoms with Crippen molar-refractivity contribution in [3.05, 3.63) is 54.6 Å². The van der Waals surface area contributed by atoms with Crippen LogP contribution in [-0.4, -0.2) is 68.2 Å². The second-order valence-electron chi connectivity index (χ2n) is 7.68. The van der Waals surface area contributed by atoms with Crippen LogP contribution in [0, 0.1) is 0 Å². The molecule has 2 aromatic carbocycles. The van der Waals surface area contributed by atoms with E-state index in [1.54, 1.807) is 6.07 Å². The summed E-state index contributed by atoms with van der Waals surface area (Å²) >= 11 is 0. The molecule has 1 aliphatic rings. The molecule has 0 spiro atoms. The van der Waals surface area contributed by atoms with Crippen molar-refractivity contribution in [3.8, 4) is 11.5 Å². The van der Waals surface area contributed by atoms with Crippen LogP contribution in [0.15, 0.2) is 54.6 Å². The third-order valence-corrected chi connectivity index (χ3v) is 5.15. The summed E-state index contributed by atoms with van der Waals surface area (Å²) in [5.74, 6) is 0.219. The van der Waals surface area contributed by atoms with Crippen molar-refractivity contribution in [2.45, 2.75) is 25.8 Å². The van der Waals surface area contributed by atoms with Gasteiger partial charge >= 0.3 is 5.97 Å². The Bertz CT molecular complexity index is 953. The summed E-state index contributed by atoms with van der Waals surface area (Å²) < 4.78 is 16.6. The number of para-hydroxylation sites is 3. The summed E-state index contributed by atoms with van der Waals surface area (Å²) in [6.45, 7) is 3.50. The Morgan fingerprint density at radius 3 is 2.56 bits per heavy atom. The number of ether oxygens (including phenoxy) is 3. The third-order valence-electron chi connectivity index (χ3n) is 5.15. The van der Waals surface area contributed by atoms with Crippen molar-refractivity contribution < 1.29 is 28.6 Å². The van der Waals surface area contributed by atoms with Crippen LogP contribution in [0.1, 0.15) is 19.8 Å². The number of carbonyl (C=O) groups is 3. The van der Waals surface area contributed by atoms with E-state index >= 15 is 0 Å². The Balaban J connectivity index is 1.52. The summed E-state index contributed by atoms with van der Waals surface area (Å²) in [4.78, 5) is 38.7. The molecule has 2 amide bonds. The Morgan fingerprint density at radius 2 is 1.76 bits per heavy atom. The number of hydrogen-bond donors (Lipinski definition) is 2. The zero-order valence-corrected chi connectivity index (χ0v) is 19.3. The van der Waals surface area contributed by atoms with Gasteiger partial charge in [-0.25, -0.2) is 0 Å². The first-order chi connectivity index (χ1) is 16.6. The largest absolute Gasteiger partial charge is 0.490 e. The van der Waals surface area contributed by atoms with Crippen LogP contribution in [0.5, 0.6) is 11.5 Å². The zero-order chi connectivity index (χ0) is 24.2. The van der Waals surface area contributed by atoms with E-state index in [4.69, 9.17) is 14.2 Å². The summed E-state index contributed by atoms with van der Waals surface area (Å²) in [5.41, 5.74) is 0.649. The Hall–Kier alpha value is -3.75. The van der Waals surface area contributed by atoms with Crippen molar-refractivity contribution in [1.82, 2.24) is 10.2 Å². The lowest BCUT2D eigenvalue weighted by atomic mass is 10.1. The molecular weight excluding hydrogens is 438 g/mol. The predicted octanol–water partition coefficient (Wildman–Crippen LogP) is 2.23. The van der Waals surface area contributed by atoms with Gasteiger partial charge in [0.1, 0.15) is 30.8 Å². The first kappa shape index (κ1) is 24.9. The summed E-state index contributed by atoms with van der Waals surface area (Å²) in [6.07, 6.45) is 0.522. The minimum absolute atomic E-state index is 0.0469. The van der Waals surface area contributed by atoms with E-state index < -0.39 is 12.0 Å². The quantitative estimate of drug-likeness (QED) is 0.363. The van der Waals surface area contributed by atoms with Gasteiger partial charge in [-0.15, -0.1) is 0 Å². The first-order valence-electron chi connectivity index (χ1n) is 11.4. The van der Waals surface area contributed by atoms with E-state index in [9.17, 15) is 14.4 Å². The molecule has 0 aromatic heterocycles. The van der Waals surface area contributed by atoms with Crippen LogP contribution >= 0.6 is 0 Å². The third kappa shape index (κ3) is 7.40. The maximum atomic E-state index is 12.9. The van der Waals surface area contributed by atoms with Crippen LogP contribution in [0.25, 0.3) is 0 Å². The van der Waals surface area contributed by atoms with Crippen LogP contribution in [-0.2, 0) is 19.1 Å². The molecule has 3 rings (SSSR count). The average molecular weight is 470 g/mol. The average Bonchev–Trinajstić information content (AvgIpc) is 2.86. The first-order valence-corrected chi connectivity index (χ1v) is 11.4. The summed E-state index contributed by atoms with van der Waals surface area (Å²) in [5, 5.41) is 5.80. The van der Waals surface area contributed by atoms with Crippen molar-refractivity contribution in [3.63, 3.8) is 0 Å². The monoisotopic (exact) mass is 469 g/mol. The molecule has 1 heterocycles. The second kappa shape index (κ2) is 13.1. The topological polar surface area (TPSA) is 106 Å². The van der Waals surface area contributed by atoms with E-state index in [0.717, 1.165) is 5.75 Å². The highest BCUT2D eigenvalue weighted by molar-refractivity contribution is 5.93. The van der Waals surface area contributed by atoms with Gasteiger partial charge in [-0.2, -0.15) is 0 Å². The van der Waals surface area contributed by atoms with Crippen molar-refractivity contribution >= 4 is 23.5 Å². The fourth-order valence-electron chi connectivity index (χ4n) is 3.49. The van der Waals surface area contributed by atoms with Crippen molar-refractivity contribution in [2.24, 2.45) is 0 Å². The smallest absolute Gasteiger partial charge is 0.308 e. The van der Waals surface area contributed by atoms with Crippen molar-refractivity contribution in [1.29, 1.82) is 0 Å². The number of anilines is 1. The Kier molecular flexibility index (Phi) is 9.57. The van der Waals surface area contributed by atoms with Gasteiger partial charge in [0, 0.05) is 13.1 Å². The Labute approximate surface area is 199 Å². The molecule has 34 heavy (non-hydrogen) atoms. The van der Waals surface area contributed by atoms with Gasteiger partial charge in [-0.05, 0) is 30.7 Å². The molecule has 0 saturated carbocycles. The fourth-order valence-corrected chi connectivity index (χ4v) is 3.49. The van der Waals surface area contributed by atoms with E-state index in [0.29, 0.717) is 44.2 Å². The molecule has 182 valence electrons. The molecule has 0 radical (unpaired) electrons. The molecule has 0 bridgehead atoms. The zero-order valence-electron chi connectivity index (χ0n) is 19.3. The molecule has 1 saturated heterocycles. The van der Waals surface area contributed by atoms with E-state index in [1.807, 2.05) is 55.5 Å². The minimum atomic E-state index is -0.881. The predicted molar refractivity (Wildman–Crippen MR) is 127 cm³/mol. The normalized spacial score (nSPS) is 15.3. The SMILES string of the molecule is CCCOC(=O)CC1C(=O)NCCN1C(=O)CNc1ccccc1OCCOc1ccccc1. The fraction of sp³-hybridized carbons (Fsp3) is 0.400. The van der Waals surface area contributed by atoms with Gasteiger partial charge in [-0.1, -0.05) is 37.3 Å². The molecule has 9 nitrogen and oxygen atoms in total. The molecule has 1 aliphatic heterocycles. The van der Waals surface area contributed by atoms with Crippen LogP contribution in [0.2, 0.25) is 0 Å². The number of benzene rings is 2. The lowest BCUT2D eigenvalue weighted by molar-refractivity contribution is -0.151. The standard InChI is InChI=1S/C25H31N3O6/c1-2-14-34-24(30)17-21-25(31)26-12-13-28(21)23(29)18-27-20-10-6-7-11-22(20)33-16-15-32-19-8-4-3-5-9-19/h3-11,21,27H,2,12-18H2,1H3,(H,26,31). The molecule has 2 N–H and O–H groups in total. The highest BCUT2D eigenvalue weighted by Crippen LogP contribution is 2.24. The number of rotatable bonds is 12. The summed E-state index contributed by atoms with van der Waals surface area (Å²) in [6, 6.07) is 15.9. The van der Waals surface area contributed by atoms with Gasteiger partial charge in [0.05, 0.1) is 25.3 Å². The number of amides is 2. The molecule has 2 aromatic rings. The Morgan fingerprint density at radius 1 is 1.03 bits per heavy atom. The second-order valence-corrected chi connectivity index (χ2v) is 7.68. The van der Waals surface area contributed by atoms with Crippen LogP contribution in [0.3, 0.4) is 0 Å². The number of hydrogen-bond acceptors (Lipinski definition) is 7. The molecule has 1 unspecified atom stereocenters. The number of carbonyl (C=O) groups excluding carboxylic acids is 3. The number of esters is 1. The maximum Gasteiger partial charge on any atom is 0.308 e. The maximum absolute atomic E-state index is 12.9. The minimum Gasteiger partial charge on any atom is -0.490 e. The van der Waals surface area contributed by atoms with Crippen LogP contribution in [0.4, 0.5) is 5.69 Å². The lowest BCUT2D eigenvalue weighted by Crippen LogP contribution is -2.58. The molecule has 9 heteroatoms. The van der Waals surface area contributed by atoms with E-state index in [-0.39, 0.29) is 31.4 Å². The van der Waals surface area contributed by atoms with Gasteiger partial charge in [0.25, 0.3) is 0 Å². The molecular formula is C25H31N3O6. The van der Waals surface area contributed by atoms with Gasteiger partial charge in [-0.3, -0.25) is 14.4 Å². The number of nitrogens with one attached hydrogen (secondary N) is 2. The molecule has 0 aliphatic carbocycles. The van der Waals surface area contributed by atoms with Gasteiger partial charge < -0.3 is 29.7 Å². The van der Waals surface area contributed by atoms with E-state index in [2.05, 4.69) is 10.6 Å². The van der Waals surface area contributed by atoms with Crippen molar-refractivity contribution in [2.75, 3.05) is 44.8 Å². The summed E-state index contributed by atoms with van der Waals surface area (Å²) in [7, 11) is 0. The van der Waals surface area contributed by atoms with Gasteiger partial charge in [0.2, 0.25) is 11.8 Å². The molecule has 1 fully saturated rings. The number of piperazine rings is 1. The molecule has 1 atom stereocenters. The van der Waals surface area contributed by atoms with E-state index in [1.165, 1.54) is 4.90 Å². The highest BCUT2D eigenvalue weighted by Gasteiger charge is 2.35. The van der Waals surface area contributed by atoms with Crippen LogP contribution < -0.4 is 20.1 Å². The number of nitrogens with zero attached hydrogens (tertiary/aromatic N) is 1.